The van der Waals surface area contributed by atoms with Crippen molar-refractivity contribution in [1.82, 2.24) is 4.90 Å². The first-order chi connectivity index (χ1) is 14.4. The Bertz CT molecular complexity index is 1170. The number of nitrogen functional groups attached to an aromatic ring is 1. The summed E-state index contributed by atoms with van der Waals surface area (Å²) in [6.45, 7) is 2.13. The summed E-state index contributed by atoms with van der Waals surface area (Å²) in [6.07, 6.45) is 0. The Morgan fingerprint density at radius 1 is 1.25 bits per heavy atom. The van der Waals surface area contributed by atoms with E-state index in [-0.39, 0.29) is 47.2 Å². The second kappa shape index (κ2) is 6.70. The fourth-order valence-electron chi connectivity index (χ4n) is 3.48. The Morgan fingerprint density at radius 3 is 2.44 bits per heavy atom. The summed E-state index contributed by atoms with van der Waals surface area (Å²) in [6, 6.07) is 1.97. The van der Waals surface area contributed by atoms with Crippen molar-refractivity contribution in [1.29, 1.82) is 5.41 Å². The maximum atomic E-state index is 14.5. The molecule has 3 rings (SSSR count). The first kappa shape index (κ1) is 23.6. The zero-order chi connectivity index (χ0) is 24.3. The molecule has 0 amide bonds. The lowest BCUT2D eigenvalue weighted by atomic mass is 10.0. The molecular weight excluding hydrogens is 464 g/mol. The van der Waals surface area contributed by atoms with E-state index in [1.54, 1.807) is 6.92 Å². The summed E-state index contributed by atoms with van der Waals surface area (Å²) in [5.41, 5.74) is 3.20. The third kappa shape index (κ3) is 4.16. The lowest BCUT2D eigenvalue weighted by molar-refractivity contribution is 0.0961. The van der Waals surface area contributed by atoms with Gasteiger partial charge >= 0.3 is 10.2 Å². The number of rotatable bonds is 6. The monoisotopic (exact) mass is 483 g/mol. The first-order valence-electron chi connectivity index (χ1n) is 9.13. The van der Waals surface area contributed by atoms with E-state index in [1.165, 1.54) is 6.07 Å². The second-order valence-corrected chi connectivity index (χ2v) is 9.68. The predicted molar refractivity (Wildman–Crippen MR) is 108 cm³/mol. The second-order valence-electron chi connectivity index (χ2n) is 7.31. The van der Waals surface area contributed by atoms with Crippen LogP contribution in [0.5, 0.6) is 11.5 Å². The van der Waals surface area contributed by atoms with Crippen molar-refractivity contribution in [2.75, 3.05) is 18.9 Å². The van der Waals surface area contributed by atoms with Gasteiger partial charge in [-0.05, 0) is 43.2 Å². The van der Waals surface area contributed by atoms with Crippen LogP contribution in [0.25, 0.3) is 0 Å². The highest BCUT2D eigenvalue weighted by Gasteiger charge is 2.66. The Morgan fingerprint density at radius 2 is 1.88 bits per heavy atom. The molecule has 0 saturated carbocycles. The van der Waals surface area contributed by atoms with Crippen LogP contribution in [0.15, 0.2) is 23.1 Å². The van der Waals surface area contributed by atoms with E-state index in [4.69, 9.17) is 15.9 Å². The van der Waals surface area contributed by atoms with E-state index >= 15 is 0 Å². The van der Waals surface area contributed by atoms with Gasteiger partial charge in [-0.25, -0.2) is 4.39 Å². The average molecular weight is 483 g/mol. The number of halogens is 6. The lowest BCUT2D eigenvalue weighted by Gasteiger charge is -2.41. The zero-order valence-corrected chi connectivity index (χ0v) is 17.6. The number of hydrogen-bond donors (Lipinski definition) is 3. The van der Waals surface area contributed by atoms with Crippen LogP contribution in [0.2, 0.25) is 0 Å². The van der Waals surface area contributed by atoms with Crippen molar-refractivity contribution >= 4 is 27.5 Å². The summed E-state index contributed by atoms with van der Waals surface area (Å²) in [5, 5.41) is 18.0. The molecule has 0 aromatic heterocycles. The van der Waals surface area contributed by atoms with Gasteiger partial charge in [0.1, 0.15) is 10.7 Å². The van der Waals surface area contributed by atoms with Gasteiger partial charge in [-0.15, -0.1) is 0 Å². The fourth-order valence-corrected chi connectivity index (χ4v) is 4.39. The summed E-state index contributed by atoms with van der Waals surface area (Å²) in [4.78, 5) is 11.5. The number of nitrogens with zero attached hydrogens (tertiary/aromatic N) is 1. The number of carbonyl (C=O) groups is 1. The molecule has 0 spiro atoms. The smallest absolute Gasteiger partial charge is 0.312 e. The van der Waals surface area contributed by atoms with E-state index in [0.29, 0.717) is 6.07 Å². The van der Waals surface area contributed by atoms with Crippen molar-refractivity contribution in [2.45, 2.75) is 25.3 Å². The minimum Gasteiger partial charge on any atom is -0.502 e. The van der Waals surface area contributed by atoms with E-state index in [9.17, 15) is 33.7 Å². The van der Waals surface area contributed by atoms with Crippen LogP contribution in [0.3, 0.4) is 0 Å². The Kier molecular flexibility index (Phi) is 4.94. The highest BCUT2D eigenvalue weighted by Crippen LogP contribution is 3.02. The minimum atomic E-state index is -10.1. The van der Waals surface area contributed by atoms with Crippen molar-refractivity contribution < 1.29 is 38.5 Å². The third-order valence-corrected chi connectivity index (χ3v) is 6.09. The summed E-state index contributed by atoms with van der Waals surface area (Å²) < 4.78 is 85.4. The predicted octanol–water partition coefficient (Wildman–Crippen LogP) is 5.50. The molecule has 6 nitrogen and oxygen atoms in total. The van der Waals surface area contributed by atoms with Gasteiger partial charge in [-0.1, -0.05) is 19.4 Å². The molecule has 1 heterocycles. The molecule has 0 atom stereocenters. The maximum absolute atomic E-state index is 14.5. The molecule has 1 aliphatic rings. The van der Waals surface area contributed by atoms with Gasteiger partial charge in [0.2, 0.25) is 0 Å². The molecule has 2 aromatic carbocycles. The minimum absolute atomic E-state index is 0.116. The number of benzene rings is 2. The number of ether oxygens (including phenoxy) is 1. The third-order valence-electron chi connectivity index (χ3n) is 4.91. The molecule has 4 N–H and O–H groups in total. The van der Waals surface area contributed by atoms with Crippen molar-refractivity contribution in [3.8, 4) is 11.5 Å². The normalized spacial score (nSPS) is 15.9. The number of aromatic hydroxyl groups is 1. The average Bonchev–Trinajstić information content (AvgIpc) is 2.94. The van der Waals surface area contributed by atoms with Crippen molar-refractivity contribution in [3.05, 3.63) is 46.3 Å². The first-order valence-corrected chi connectivity index (χ1v) is 11.1. The van der Waals surface area contributed by atoms with E-state index < -0.39 is 50.5 Å². The number of nitrogens with one attached hydrogen (secondary N) is 1. The van der Waals surface area contributed by atoms with Crippen LogP contribution in [0.1, 0.15) is 34.0 Å². The van der Waals surface area contributed by atoms with Gasteiger partial charge in [-0.3, -0.25) is 10.2 Å². The van der Waals surface area contributed by atoms with E-state index in [1.807, 2.05) is 0 Å². The van der Waals surface area contributed by atoms with Gasteiger partial charge in [-0.2, -0.15) is 0 Å². The fraction of sp³-hybridized carbons (Fsp3) is 0.263. The van der Waals surface area contributed by atoms with Gasteiger partial charge < -0.3 is 20.5 Å². The van der Waals surface area contributed by atoms with Crippen LogP contribution in [0.4, 0.5) is 29.5 Å². The Hall–Kier alpha value is -3.09. The number of anilines is 1. The maximum Gasteiger partial charge on any atom is 0.312 e. The highest BCUT2D eigenvalue weighted by molar-refractivity contribution is 8.45. The topological polar surface area (TPSA) is 99.6 Å². The number of fused-ring (bicyclic) bond motifs is 1. The van der Waals surface area contributed by atoms with Crippen LogP contribution >= 0.6 is 10.2 Å². The van der Waals surface area contributed by atoms with Crippen LogP contribution in [-0.2, 0) is 6.54 Å². The number of phenols is 1. The molecule has 1 aliphatic heterocycles. The molecule has 0 saturated heterocycles. The van der Waals surface area contributed by atoms with Gasteiger partial charge in [0.25, 0.3) is 0 Å². The number of hydrogen-bond acceptors (Lipinski definition) is 5. The number of carbonyl (C=O) groups excluding carboxylic acids is 1. The Balaban J connectivity index is 1.91. The molecule has 32 heavy (non-hydrogen) atoms. The van der Waals surface area contributed by atoms with E-state index in [0.717, 1.165) is 11.8 Å². The molecule has 0 aliphatic carbocycles. The number of phenolic OH excluding ortho intramolecular Hbond substituents is 1. The van der Waals surface area contributed by atoms with Crippen molar-refractivity contribution in [2.24, 2.45) is 0 Å². The summed E-state index contributed by atoms with van der Waals surface area (Å²) in [7, 11) is -10.1. The van der Waals surface area contributed by atoms with Gasteiger partial charge in [0.15, 0.2) is 23.1 Å². The van der Waals surface area contributed by atoms with Crippen LogP contribution in [-0.4, -0.2) is 34.8 Å². The molecule has 2 aromatic rings. The molecule has 176 valence electrons. The van der Waals surface area contributed by atoms with Gasteiger partial charge in [0.05, 0.1) is 24.4 Å². The van der Waals surface area contributed by atoms with Crippen LogP contribution in [0, 0.1) is 18.2 Å². The van der Waals surface area contributed by atoms with Crippen molar-refractivity contribution in [3.63, 3.8) is 0 Å². The molecule has 0 bridgehead atoms. The molecule has 0 unspecified atom stereocenters. The Labute approximate surface area is 178 Å². The SMILES string of the molecule is CCOc1cc2c(c(F)c1O)C(=N)N(CC(=O)c1cc(N)c(S(F)(F)(F)(F)F)cc1C)C2. The number of aryl methyl sites for hydroxylation is 1. The number of nitrogens with two attached hydrogens (primary N) is 1. The standard InChI is InChI=1S/C19H19F6N3O3S/c1-3-31-14-5-10-7-28(19(27)16(10)17(20)18(14)30)8-13(29)11-6-12(26)15(4-9(11)2)32(21,22,23,24)25/h4-6,27,30H,3,7-8,26H2,1-2H3. The molecular formula is C19H19F6N3O3S. The van der Waals surface area contributed by atoms with Crippen LogP contribution < -0.4 is 10.5 Å². The zero-order valence-electron chi connectivity index (χ0n) is 16.8. The van der Waals surface area contributed by atoms with E-state index in [2.05, 4.69) is 0 Å². The number of amidine groups is 1. The molecule has 0 radical (unpaired) electrons. The summed E-state index contributed by atoms with van der Waals surface area (Å²) in [5.74, 6) is -3.28. The van der Waals surface area contributed by atoms with Gasteiger partial charge in [0, 0.05) is 12.1 Å². The quantitative estimate of drug-likeness (QED) is 0.286. The highest BCUT2D eigenvalue weighted by atomic mass is 32.5. The largest absolute Gasteiger partial charge is 0.502 e. The molecule has 0 fully saturated rings. The molecule has 13 heteroatoms. The summed E-state index contributed by atoms with van der Waals surface area (Å²) >= 11 is 0. The number of ketones is 1. The number of Topliss-reactive ketones (excluding diaryl/α,β-unsaturated/α-hetero) is 1. The lowest BCUT2D eigenvalue weighted by Crippen LogP contribution is -2.31.